The molecule has 0 amide bonds. The van der Waals surface area contributed by atoms with E-state index in [1.54, 1.807) is 13.1 Å². The van der Waals surface area contributed by atoms with Crippen molar-refractivity contribution in [3.05, 3.63) is 28.1 Å². The van der Waals surface area contributed by atoms with Crippen molar-refractivity contribution in [2.75, 3.05) is 5.73 Å². The van der Waals surface area contributed by atoms with Crippen LogP contribution < -0.4 is 5.73 Å². The number of hydrogen-bond donors (Lipinski definition) is 2. The minimum Gasteiger partial charge on any atom is -0.397 e. The molecule has 72 valence electrons. The number of pyridine rings is 1. The minimum atomic E-state index is -0.464. The van der Waals surface area contributed by atoms with Gasteiger partial charge in [0.05, 0.1) is 10.6 Å². The lowest BCUT2D eigenvalue weighted by molar-refractivity contribution is -0.385. The monoisotopic (exact) mass is 192 g/mol. The fraction of sp³-hybridized carbons (Fsp3) is 0.125. The Morgan fingerprint density at radius 3 is 3.00 bits per heavy atom. The second kappa shape index (κ2) is 2.69. The predicted molar refractivity (Wildman–Crippen MR) is 51.9 cm³/mol. The molecule has 3 N–H and O–H groups in total. The van der Waals surface area contributed by atoms with Crippen LogP contribution in [0.2, 0.25) is 0 Å². The highest BCUT2D eigenvalue weighted by molar-refractivity contribution is 5.90. The van der Waals surface area contributed by atoms with Gasteiger partial charge in [0.2, 0.25) is 0 Å². The van der Waals surface area contributed by atoms with Crippen molar-refractivity contribution in [2.45, 2.75) is 6.92 Å². The molecule has 0 aromatic carbocycles. The topological polar surface area (TPSA) is 97.8 Å². The van der Waals surface area contributed by atoms with Gasteiger partial charge in [0.15, 0.2) is 0 Å². The third-order valence-corrected chi connectivity index (χ3v) is 2.06. The number of hydrogen-bond acceptors (Lipinski definition) is 4. The fourth-order valence-corrected chi connectivity index (χ4v) is 1.33. The van der Waals surface area contributed by atoms with Gasteiger partial charge in [0.25, 0.3) is 5.69 Å². The zero-order valence-corrected chi connectivity index (χ0v) is 7.44. The Bertz CT molecular complexity index is 517. The highest BCUT2D eigenvalue weighted by Crippen LogP contribution is 2.25. The summed E-state index contributed by atoms with van der Waals surface area (Å²) in [7, 11) is 0. The van der Waals surface area contributed by atoms with Crippen molar-refractivity contribution in [3.63, 3.8) is 0 Å². The molecule has 0 aliphatic carbocycles. The molecule has 0 fully saturated rings. The van der Waals surface area contributed by atoms with Crippen molar-refractivity contribution < 1.29 is 4.92 Å². The smallest absolute Gasteiger partial charge is 0.291 e. The molecule has 6 nitrogen and oxygen atoms in total. The first-order chi connectivity index (χ1) is 6.59. The standard InChI is InChI=1S/C8H8N4O2/c1-4-7(12(13)14)2-5-6(9)3-10-8(5)11-4/h2-3H,9H2,1H3,(H,10,11). The molecule has 0 saturated carbocycles. The van der Waals surface area contributed by atoms with E-state index in [0.29, 0.717) is 22.4 Å². The van der Waals surface area contributed by atoms with Gasteiger partial charge in [-0.3, -0.25) is 10.1 Å². The zero-order chi connectivity index (χ0) is 10.3. The van der Waals surface area contributed by atoms with Crippen LogP contribution in [0.15, 0.2) is 12.3 Å². The van der Waals surface area contributed by atoms with Gasteiger partial charge >= 0.3 is 0 Å². The number of nitro groups is 1. The first-order valence-corrected chi connectivity index (χ1v) is 3.98. The van der Waals surface area contributed by atoms with Gasteiger partial charge in [-0.05, 0) is 6.92 Å². The molecule has 2 aromatic rings. The average Bonchev–Trinajstić information content (AvgIpc) is 2.46. The summed E-state index contributed by atoms with van der Waals surface area (Å²) in [4.78, 5) is 17.0. The molecule has 0 atom stereocenters. The van der Waals surface area contributed by atoms with Crippen molar-refractivity contribution in [1.29, 1.82) is 0 Å². The normalized spacial score (nSPS) is 10.6. The molecule has 0 saturated heterocycles. The molecular formula is C8H8N4O2. The Labute approximate surface area is 78.9 Å². The lowest BCUT2D eigenvalue weighted by Crippen LogP contribution is -1.94. The van der Waals surface area contributed by atoms with Crippen LogP contribution >= 0.6 is 0 Å². The summed E-state index contributed by atoms with van der Waals surface area (Å²) in [6, 6.07) is 1.43. The van der Waals surface area contributed by atoms with Gasteiger partial charge in [-0.25, -0.2) is 4.98 Å². The van der Waals surface area contributed by atoms with Crippen LogP contribution in [0.25, 0.3) is 11.0 Å². The minimum absolute atomic E-state index is 0.0104. The highest BCUT2D eigenvalue weighted by atomic mass is 16.6. The van der Waals surface area contributed by atoms with E-state index in [9.17, 15) is 10.1 Å². The molecule has 0 aliphatic heterocycles. The fourth-order valence-electron chi connectivity index (χ4n) is 1.33. The lowest BCUT2D eigenvalue weighted by atomic mass is 10.2. The van der Waals surface area contributed by atoms with Crippen molar-refractivity contribution in [3.8, 4) is 0 Å². The molecule has 0 unspecified atom stereocenters. The summed E-state index contributed by atoms with van der Waals surface area (Å²) in [5.74, 6) is 0. The Kier molecular flexibility index (Phi) is 1.63. The van der Waals surface area contributed by atoms with Crippen molar-refractivity contribution >= 4 is 22.4 Å². The lowest BCUT2D eigenvalue weighted by Gasteiger charge is -1.96. The van der Waals surface area contributed by atoms with Crippen LogP contribution in [-0.4, -0.2) is 14.9 Å². The van der Waals surface area contributed by atoms with Gasteiger partial charge < -0.3 is 10.7 Å². The van der Waals surface area contributed by atoms with E-state index in [-0.39, 0.29) is 5.69 Å². The Morgan fingerprint density at radius 2 is 2.36 bits per heavy atom. The summed E-state index contributed by atoms with van der Waals surface area (Å²) in [6.45, 7) is 1.59. The van der Waals surface area contributed by atoms with Gasteiger partial charge in [0.1, 0.15) is 11.3 Å². The van der Waals surface area contributed by atoms with Crippen molar-refractivity contribution in [2.24, 2.45) is 0 Å². The van der Waals surface area contributed by atoms with Gasteiger partial charge in [-0.15, -0.1) is 0 Å². The van der Waals surface area contributed by atoms with Crippen LogP contribution in [0.5, 0.6) is 0 Å². The average molecular weight is 192 g/mol. The number of nitrogens with one attached hydrogen (secondary N) is 1. The zero-order valence-electron chi connectivity index (χ0n) is 7.44. The molecule has 0 spiro atoms. The van der Waals surface area contributed by atoms with Crippen LogP contribution in [0.4, 0.5) is 11.4 Å². The van der Waals surface area contributed by atoms with E-state index >= 15 is 0 Å². The molecule has 14 heavy (non-hydrogen) atoms. The third kappa shape index (κ3) is 1.08. The molecule has 2 heterocycles. The number of fused-ring (bicyclic) bond motifs is 1. The highest BCUT2D eigenvalue weighted by Gasteiger charge is 2.14. The van der Waals surface area contributed by atoms with Crippen LogP contribution in [0.1, 0.15) is 5.69 Å². The number of nitrogen functional groups attached to an aromatic ring is 1. The Morgan fingerprint density at radius 1 is 1.64 bits per heavy atom. The first-order valence-electron chi connectivity index (χ1n) is 3.98. The number of aryl methyl sites for hydroxylation is 1. The van der Waals surface area contributed by atoms with Crippen LogP contribution in [-0.2, 0) is 0 Å². The van der Waals surface area contributed by atoms with Crippen molar-refractivity contribution in [1.82, 2.24) is 9.97 Å². The predicted octanol–water partition coefficient (Wildman–Crippen LogP) is 1.36. The summed E-state index contributed by atoms with van der Waals surface area (Å²) in [6.07, 6.45) is 1.57. The SMILES string of the molecule is Cc1nc2[nH]cc(N)c2cc1[N+](=O)[O-]. The molecule has 0 aliphatic rings. The van der Waals surface area contributed by atoms with E-state index in [0.717, 1.165) is 0 Å². The molecule has 6 heteroatoms. The maximum atomic E-state index is 10.6. The number of anilines is 1. The molecular weight excluding hydrogens is 184 g/mol. The van der Waals surface area contributed by atoms with Crippen LogP contribution in [0, 0.1) is 17.0 Å². The number of nitrogens with two attached hydrogens (primary N) is 1. The van der Waals surface area contributed by atoms with Gasteiger partial charge in [-0.1, -0.05) is 0 Å². The number of rotatable bonds is 1. The molecule has 0 radical (unpaired) electrons. The third-order valence-electron chi connectivity index (χ3n) is 2.06. The summed E-state index contributed by atoms with van der Waals surface area (Å²) in [5, 5.41) is 11.2. The maximum absolute atomic E-state index is 10.6. The first kappa shape index (κ1) is 8.49. The summed E-state index contributed by atoms with van der Waals surface area (Å²) in [5.41, 5.74) is 7.01. The number of aromatic nitrogens is 2. The summed E-state index contributed by atoms with van der Waals surface area (Å²) >= 11 is 0. The quantitative estimate of drug-likeness (QED) is 0.526. The second-order valence-corrected chi connectivity index (χ2v) is 2.99. The number of nitrogens with zero attached hydrogens (tertiary/aromatic N) is 2. The van der Waals surface area contributed by atoms with E-state index in [1.807, 2.05) is 0 Å². The number of H-pyrrole nitrogens is 1. The number of aromatic amines is 1. The summed E-state index contributed by atoms with van der Waals surface area (Å²) < 4.78 is 0. The molecule has 2 aromatic heterocycles. The largest absolute Gasteiger partial charge is 0.397 e. The van der Waals surface area contributed by atoms with E-state index in [2.05, 4.69) is 9.97 Å². The van der Waals surface area contributed by atoms with E-state index in [4.69, 9.17) is 5.73 Å². The van der Waals surface area contributed by atoms with Gasteiger partial charge in [-0.2, -0.15) is 0 Å². The maximum Gasteiger partial charge on any atom is 0.291 e. The van der Waals surface area contributed by atoms with Crippen LogP contribution in [0.3, 0.4) is 0 Å². The Hall–Kier alpha value is -2.11. The van der Waals surface area contributed by atoms with E-state index < -0.39 is 4.92 Å². The van der Waals surface area contributed by atoms with Gasteiger partial charge in [0, 0.05) is 17.6 Å². The second-order valence-electron chi connectivity index (χ2n) is 2.99. The molecule has 2 rings (SSSR count). The van der Waals surface area contributed by atoms with E-state index in [1.165, 1.54) is 6.07 Å². The molecule has 0 bridgehead atoms. The Balaban J connectivity index is 2.80.